The first-order valence-electron chi connectivity index (χ1n) is 6.51. The zero-order chi connectivity index (χ0) is 13.9. The third-order valence-electron chi connectivity index (χ3n) is 4.06. The van der Waals surface area contributed by atoms with Crippen LogP contribution in [-0.4, -0.2) is 22.8 Å². The van der Waals surface area contributed by atoms with E-state index in [-0.39, 0.29) is 17.7 Å². The van der Waals surface area contributed by atoms with E-state index in [1.54, 1.807) is 6.07 Å². The van der Waals surface area contributed by atoms with Crippen LogP contribution in [0, 0.1) is 0 Å². The van der Waals surface area contributed by atoms with Crippen molar-refractivity contribution in [3.8, 4) is 11.1 Å². The van der Waals surface area contributed by atoms with Crippen molar-refractivity contribution < 1.29 is 19.9 Å². The average molecular weight is 280 g/mol. The van der Waals surface area contributed by atoms with E-state index in [0.29, 0.717) is 23.1 Å². The molecular formula is C17H12O4. The van der Waals surface area contributed by atoms with E-state index in [9.17, 15) is 14.4 Å². The molecule has 2 aromatic carbocycles. The second kappa shape index (κ2) is 4.46. The van der Waals surface area contributed by atoms with Crippen LogP contribution < -0.4 is 0 Å². The smallest absolute Gasteiger partial charge is 0.229 e. The van der Waals surface area contributed by atoms with Gasteiger partial charge in [0.15, 0.2) is 5.78 Å². The van der Waals surface area contributed by atoms with Gasteiger partial charge in [-0.15, -0.1) is 0 Å². The largest absolute Gasteiger partial charge is 0.412 e. The molecule has 0 unspecified atom stereocenters. The summed E-state index contributed by atoms with van der Waals surface area (Å²) in [5, 5.41) is 0. The lowest BCUT2D eigenvalue weighted by Crippen LogP contribution is -2.17. The van der Waals surface area contributed by atoms with Gasteiger partial charge in [0, 0.05) is 24.0 Å². The van der Waals surface area contributed by atoms with Gasteiger partial charge in [-0.3, -0.25) is 14.4 Å². The third-order valence-corrected chi connectivity index (χ3v) is 4.06. The van der Waals surface area contributed by atoms with E-state index in [1.165, 1.54) is 0 Å². The Bertz CT molecular complexity index is 818. The van der Waals surface area contributed by atoms with Crippen LogP contribution in [0.1, 0.15) is 31.8 Å². The Hall–Kier alpha value is -2.59. The molecule has 4 heteroatoms. The molecule has 0 radical (unpaired) electrons. The highest BCUT2D eigenvalue weighted by atomic mass is 16.2. The molecule has 0 spiro atoms. The zero-order valence-electron chi connectivity index (χ0n) is 11.1. The lowest BCUT2D eigenvalue weighted by atomic mass is 9.81. The number of rotatable bonds is 0. The Morgan fingerprint density at radius 3 is 2.19 bits per heavy atom. The highest BCUT2D eigenvalue weighted by molar-refractivity contribution is 6.49. The second-order valence-corrected chi connectivity index (χ2v) is 5.21. The molecule has 21 heavy (non-hydrogen) atoms. The molecule has 104 valence electrons. The van der Waals surface area contributed by atoms with Gasteiger partial charge in [0.25, 0.3) is 0 Å². The van der Waals surface area contributed by atoms with E-state index < -0.39 is 11.6 Å². The van der Waals surface area contributed by atoms with Crippen LogP contribution in [0.3, 0.4) is 0 Å². The van der Waals surface area contributed by atoms with Crippen LogP contribution in [0.15, 0.2) is 36.4 Å². The van der Waals surface area contributed by atoms with Gasteiger partial charge >= 0.3 is 0 Å². The van der Waals surface area contributed by atoms with Crippen LogP contribution in [0.25, 0.3) is 11.1 Å². The van der Waals surface area contributed by atoms with Crippen molar-refractivity contribution in [1.29, 1.82) is 0 Å². The first kappa shape index (κ1) is 13.4. The van der Waals surface area contributed by atoms with Gasteiger partial charge in [0.2, 0.25) is 11.6 Å². The first-order chi connectivity index (χ1) is 9.66. The van der Waals surface area contributed by atoms with Crippen molar-refractivity contribution in [2.45, 2.75) is 12.8 Å². The maximum absolute atomic E-state index is 12.4. The second-order valence-electron chi connectivity index (χ2n) is 5.21. The van der Waals surface area contributed by atoms with Crippen molar-refractivity contribution >= 4 is 17.3 Å². The number of fused-ring (bicyclic) bond motifs is 5. The number of benzene rings is 2. The summed E-state index contributed by atoms with van der Waals surface area (Å²) in [6.45, 7) is 0. The summed E-state index contributed by atoms with van der Waals surface area (Å²) >= 11 is 0. The molecule has 2 aliphatic rings. The Labute approximate surface area is 120 Å². The summed E-state index contributed by atoms with van der Waals surface area (Å²) in [5.41, 5.74) is 4.20. The molecule has 0 saturated carbocycles. The quantitative estimate of drug-likeness (QED) is 0.687. The molecule has 4 rings (SSSR count). The van der Waals surface area contributed by atoms with Crippen molar-refractivity contribution in [2.24, 2.45) is 0 Å². The number of hydrogen-bond donors (Lipinski definition) is 0. The third kappa shape index (κ3) is 1.69. The lowest BCUT2D eigenvalue weighted by Gasteiger charge is -2.20. The number of carbonyl (C=O) groups is 3. The topological polar surface area (TPSA) is 82.7 Å². The number of ketones is 3. The van der Waals surface area contributed by atoms with E-state index in [1.807, 2.05) is 30.3 Å². The molecule has 2 aliphatic carbocycles. The minimum absolute atomic E-state index is 0. The monoisotopic (exact) mass is 280 g/mol. The fourth-order valence-electron chi connectivity index (χ4n) is 3.16. The minimum Gasteiger partial charge on any atom is -0.412 e. The molecule has 0 heterocycles. The van der Waals surface area contributed by atoms with E-state index in [4.69, 9.17) is 0 Å². The Balaban J connectivity index is 0.00000132. The normalized spacial score (nSPS) is 15.1. The fraction of sp³-hybridized carbons (Fsp3) is 0.118. The molecular weight excluding hydrogens is 268 g/mol. The van der Waals surface area contributed by atoms with Crippen LogP contribution in [-0.2, 0) is 17.6 Å². The van der Waals surface area contributed by atoms with Gasteiger partial charge < -0.3 is 5.48 Å². The molecule has 2 aromatic rings. The number of carbonyl (C=O) groups excluding carboxylic acids is 3. The molecule has 4 nitrogen and oxygen atoms in total. The molecule has 0 aliphatic heterocycles. The maximum Gasteiger partial charge on any atom is 0.229 e. The van der Waals surface area contributed by atoms with Gasteiger partial charge in [-0.05, 0) is 22.3 Å². The van der Waals surface area contributed by atoms with Crippen LogP contribution in [0.4, 0.5) is 0 Å². The first-order valence-corrected chi connectivity index (χ1v) is 6.51. The van der Waals surface area contributed by atoms with Crippen LogP contribution >= 0.6 is 0 Å². The molecule has 0 aromatic heterocycles. The van der Waals surface area contributed by atoms with E-state index in [0.717, 1.165) is 16.7 Å². The number of Topliss-reactive ketones (excluding diaryl/α,β-unsaturated/α-hetero) is 3. The summed E-state index contributed by atoms with van der Waals surface area (Å²) in [6.07, 6.45) is 0.414. The SMILES string of the molecule is O.O=C1Cc2ccc3c(c2C1=O)C(=O)Cc1ccccc1-3. The van der Waals surface area contributed by atoms with Gasteiger partial charge in [-0.2, -0.15) is 0 Å². The van der Waals surface area contributed by atoms with Gasteiger partial charge in [0.1, 0.15) is 0 Å². The summed E-state index contributed by atoms with van der Waals surface area (Å²) in [5.74, 6) is -0.997. The van der Waals surface area contributed by atoms with Gasteiger partial charge in [-0.1, -0.05) is 36.4 Å². The Kier molecular flexibility index (Phi) is 2.85. The van der Waals surface area contributed by atoms with Crippen LogP contribution in [0.5, 0.6) is 0 Å². The summed E-state index contributed by atoms with van der Waals surface area (Å²) < 4.78 is 0. The van der Waals surface area contributed by atoms with Gasteiger partial charge in [-0.25, -0.2) is 0 Å². The van der Waals surface area contributed by atoms with Crippen LogP contribution in [0.2, 0.25) is 0 Å². The van der Waals surface area contributed by atoms with E-state index >= 15 is 0 Å². The summed E-state index contributed by atoms with van der Waals surface area (Å²) in [7, 11) is 0. The predicted molar refractivity (Wildman–Crippen MR) is 76.6 cm³/mol. The molecule has 0 bridgehead atoms. The van der Waals surface area contributed by atoms with E-state index in [2.05, 4.69) is 0 Å². The molecule has 0 amide bonds. The average Bonchev–Trinajstić information content (AvgIpc) is 2.74. The summed E-state index contributed by atoms with van der Waals surface area (Å²) in [4.78, 5) is 36.0. The standard InChI is InChI=1S/C17H10O3.H2O/c18-13-7-9-3-1-2-4-11(9)12-6-5-10-8-14(19)17(20)15(10)16(12)13;/h1-6H,7-8H2;1H2. The van der Waals surface area contributed by atoms with Crippen molar-refractivity contribution in [2.75, 3.05) is 0 Å². The molecule has 0 atom stereocenters. The van der Waals surface area contributed by atoms with Crippen molar-refractivity contribution in [3.63, 3.8) is 0 Å². The predicted octanol–water partition coefficient (Wildman–Crippen LogP) is 1.58. The molecule has 0 saturated heterocycles. The Morgan fingerprint density at radius 1 is 0.667 bits per heavy atom. The molecule has 2 N–H and O–H groups in total. The zero-order valence-corrected chi connectivity index (χ0v) is 11.1. The Morgan fingerprint density at radius 2 is 1.38 bits per heavy atom. The lowest BCUT2D eigenvalue weighted by molar-refractivity contribution is -0.114. The van der Waals surface area contributed by atoms with Crippen molar-refractivity contribution in [1.82, 2.24) is 0 Å². The van der Waals surface area contributed by atoms with Gasteiger partial charge in [0.05, 0.1) is 0 Å². The minimum atomic E-state index is -0.510. The highest BCUT2D eigenvalue weighted by Crippen LogP contribution is 2.38. The maximum atomic E-state index is 12.4. The summed E-state index contributed by atoms with van der Waals surface area (Å²) in [6, 6.07) is 11.4. The molecule has 0 fully saturated rings. The highest BCUT2D eigenvalue weighted by Gasteiger charge is 2.36. The van der Waals surface area contributed by atoms with Crippen molar-refractivity contribution in [3.05, 3.63) is 58.7 Å². The number of hydrogen-bond acceptors (Lipinski definition) is 3. The fourth-order valence-corrected chi connectivity index (χ4v) is 3.16.